The maximum atomic E-state index is 13.2. The van der Waals surface area contributed by atoms with Crippen molar-refractivity contribution < 1.29 is 18.7 Å². The fraction of sp³-hybridized carbons (Fsp3) is 0.412. The molecule has 2 heterocycles. The lowest BCUT2D eigenvalue weighted by atomic mass is 10.0. The van der Waals surface area contributed by atoms with E-state index < -0.39 is 17.8 Å². The summed E-state index contributed by atoms with van der Waals surface area (Å²) in [4.78, 5) is 25.7. The summed E-state index contributed by atoms with van der Waals surface area (Å²) >= 11 is 0. The van der Waals surface area contributed by atoms with E-state index in [2.05, 4.69) is 11.9 Å². The summed E-state index contributed by atoms with van der Waals surface area (Å²) in [5.41, 5.74) is 1.72. The van der Waals surface area contributed by atoms with Crippen LogP contribution in [0.5, 0.6) is 5.75 Å². The fourth-order valence-corrected chi connectivity index (χ4v) is 3.09. The molecule has 1 N–H and O–H groups in total. The third kappa shape index (κ3) is 3.21. The second-order valence-corrected chi connectivity index (χ2v) is 5.83. The number of carbonyl (C=O) groups excluding carboxylic acids is 2. The first-order valence-electron chi connectivity index (χ1n) is 7.78. The number of carbonyl (C=O) groups is 2. The fourth-order valence-electron chi connectivity index (χ4n) is 3.09. The van der Waals surface area contributed by atoms with Gasteiger partial charge < -0.3 is 15.0 Å². The number of fused-ring (bicyclic) bond motifs is 1. The average molecular weight is 318 g/mol. The number of rotatable bonds is 3. The number of nitrogens with zero attached hydrogens (tertiary/aromatic N) is 1. The van der Waals surface area contributed by atoms with Gasteiger partial charge in [-0.15, -0.1) is 0 Å². The molecular formula is C17H19FN2O3. The summed E-state index contributed by atoms with van der Waals surface area (Å²) in [7, 11) is 0. The molecule has 1 aromatic carbocycles. The van der Waals surface area contributed by atoms with Crippen LogP contribution in [-0.4, -0.2) is 35.9 Å². The van der Waals surface area contributed by atoms with Gasteiger partial charge in [-0.25, -0.2) is 4.39 Å². The van der Waals surface area contributed by atoms with E-state index in [1.54, 1.807) is 6.07 Å². The minimum atomic E-state index is -1.03. The van der Waals surface area contributed by atoms with Crippen LogP contribution in [-0.2, 0) is 16.0 Å². The van der Waals surface area contributed by atoms with Crippen molar-refractivity contribution >= 4 is 17.5 Å². The first-order valence-corrected chi connectivity index (χ1v) is 7.78. The van der Waals surface area contributed by atoms with E-state index >= 15 is 0 Å². The highest BCUT2D eigenvalue weighted by Gasteiger charge is 2.33. The minimum Gasteiger partial charge on any atom is -0.493 e. The number of nitrogens with one attached hydrogen (secondary N) is 1. The van der Waals surface area contributed by atoms with Gasteiger partial charge in [0, 0.05) is 18.7 Å². The number of likely N-dealkylation sites (tertiary alicyclic amines) is 1. The molecule has 23 heavy (non-hydrogen) atoms. The van der Waals surface area contributed by atoms with Crippen LogP contribution in [0, 0.1) is 0 Å². The molecule has 5 nitrogen and oxygen atoms in total. The number of hydrogen-bond acceptors (Lipinski definition) is 3. The highest BCUT2D eigenvalue weighted by Crippen LogP contribution is 2.28. The Balaban J connectivity index is 1.73. The molecule has 0 saturated carbocycles. The Bertz CT molecular complexity index is 659. The monoisotopic (exact) mass is 318 g/mol. The molecule has 1 fully saturated rings. The van der Waals surface area contributed by atoms with E-state index in [9.17, 15) is 14.0 Å². The summed E-state index contributed by atoms with van der Waals surface area (Å²) in [5, 5.41) is 2.82. The van der Waals surface area contributed by atoms with Crippen molar-refractivity contribution in [2.24, 2.45) is 0 Å². The lowest BCUT2D eigenvalue weighted by molar-refractivity contribution is -0.138. The maximum absolute atomic E-state index is 13.2. The molecule has 0 spiro atoms. The molecule has 0 aromatic heterocycles. The topological polar surface area (TPSA) is 58.6 Å². The standard InChI is InChI=1S/C17H19FN2O3/c1-11(18)17(22)20-8-3-2-4-14(20)16(21)19-13-5-6-15-12(10-13)7-9-23-15/h5-6,10,14H,1-4,7-9H2,(H,19,21). The number of anilines is 1. The van der Waals surface area contributed by atoms with E-state index in [4.69, 9.17) is 4.74 Å². The number of halogens is 1. The lowest BCUT2D eigenvalue weighted by Gasteiger charge is -2.34. The Morgan fingerprint density at radius 3 is 2.96 bits per heavy atom. The summed E-state index contributed by atoms with van der Waals surface area (Å²) in [6.45, 7) is 4.07. The van der Waals surface area contributed by atoms with E-state index in [1.807, 2.05) is 12.1 Å². The van der Waals surface area contributed by atoms with E-state index in [1.165, 1.54) is 4.90 Å². The van der Waals surface area contributed by atoms with Gasteiger partial charge in [0.1, 0.15) is 11.8 Å². The van der Waals surface area contributed by atoms with Crippen LogP contribution < -0.4 is 10.1 Å². The highest BCUT2D eigenvalue weighted by atomic mass is 19.1. The summed E-state index contributed by atoms with van der Waals surface area (Å²) in [6, 6.07) is 4.81. The van der Waals surface area contributed by atoms with Crippen molar-refractivity contribution in [2.75, 3.05) is 18.5 Å². The average Bonchev–Trinajstić information content (AvgIpc) is 3.01. The van der Waals surface area contributed by atoms with Gasteiger partial charge in [-0.3, -0.25) is 9.59 Å². The summed E-state index contributed by atoms with van der Waals surface area (Å²) < 4.78 is 18.6. The van der Waals surface area contributed by atoms with Crippen molar-refractivity contribution in [1.82, 2.24) is 4.90 Å². The van der Waals surface area contributed by atoms with Gasteiger partial charge in [0.05, 0.1) is 6.61 Å². The number of ether oxygens (including phenoxy) is 1. The molecular weight excluding hydrogens is 299 g/mol. The Kier molecular flexibility index (Phi) is 4.32. The van der Waals surface area contributed by atoms with Crippen LogP contribution in [0.2, 0.25) is 0 Å². The van der Waals surface area contributed by atoms with Crippen molar-refractivity contribution in [2.45, 2.75) is 31.7 Å². The third-order valence-electron chi connectivity index (χ3n) is 4.26. The summed E-state index contributed by atoms with van der Waals surface area (Å²) in [6.07, 6.45) is 2.94. The molecule has 1 unspecified atom stereocenters. The van der Waals surface area contributed by atoms with Crippen LogP contribution in [0.4, 0.5) is 10.1 Å². The molecule has 0 bridgehead atoms. The van der Waals surface area contributed by atoms with Crippen molar-refractivity contribution in [3.05, 3.63) is 36.2 Å². The van der Waals surface area contributed by atoms with Crippen LogP contribution in [0.15, 0.2) is 30.6 Å². The molecule has 0 radical (unpaired) electrons. The van der Waals surface area contributed by atoms with E-state index in [0.29, 0.717) is 25.3 Å². The molecule has 122 valence electrons. The predicted molar refractivity (Wildman–Crippen MR) is 83.9 cm³/mol. The first-order chi connectivity index (χ1) is 11.1. The quantitative estimate of drug-likeness (QED) is 0.871. The summed E-state index contributed by atoms with van der Waals surface area (Å²) in [5.74, 6) is -1.28. The van der Waals surface area contributed by atoms with Crippen LogP contribution in [0.1, 0.15) is 24.8 Å². The predicted octanol–water partition coefficient (Wildman–Crippen LogP) is 2.42. The van der Waals surface area contributed by atoms with E-state index in [-0.39, 0.29) is 5.91 Å². The molecule has 2 aliphatic heterocycles. The Morgan fingerprint density at radius 2 is 2.17 bits per heavy atom. The zero-order valence-electron chi connectivity index (χ0n) is 12.8. The van der Waals surface area contributed by atoms with Crippen molar-refractivity contribution in [3.63, 3.8) is 0 Å². The molecule has 0 aliphatic carbocycles. The van der Waals surface area contributed by atoms with Gasteiger partial charge in [0.15, 0.2) is 5.83 Å². The number of amides is 2. The van der Waals surface area contributed by atoms with E-state index in [0.717, 1.165) is 30.6 Å². The lowest BCUT2D eigenvalue weighted by Crippen LogP contribution is -2.50. The molecule has 1 saturated heterocycles. The van der Waals surface area contributed by atoms with Gasteiger partial charge in [0.25, 0.3) is 5.91 Å². The number of hydrogen-bond donors (Lipinski definition) is 1. The largest absolute Gasteiger partial charge is 0.493 e. The Labute approximate surface area is 134 Å². The zero-order chi connectivity index (χ0) is 16.4. The molecule has 1 aromatic rings. The van der Waals surface area contributed by atoms with Crippen molar-refractivity contribution in [1.29, 1.82) is 0 Å². The number of benzene rings is 1. The minimum absolute atomic E-state index is 0.293. The van der Waals surface area contributed by atoms with Gasteiger partial charge >= 0.3 is 0 Å². The van der Waals surface area contributed by atoms with Gasteiger partial charge in [-0.1, -0.05) is 6.58 Å². The SMILES string of the molecule is C=C(F)C(=O)N1CCCCC1C(=O)Nc1ccc2c(c1)CCO2. The van der Waals surface area contributed by atoms with Crippen molar-refractivity contribution in [3.8, 4) is 5.75 Å². The normalized spacial score (nSPS) is 19.7. The molecule has 2 amide bonds. The smallest absolute Gasteiger partial charge is 0.282 e. The van der Waals surface area contributed by atoms with Gasteiger partial charge in [-0.05, 0) is 43.0 Å². The molecule has 2 aliphatic rings. The van der Waals surface area contributed by atoms with Crippen LogP contribution in [0.3, 0.4) is 0 Å². The van der Waals surface area contributed by atoms with Gasteiger partial charge in [-0.2, -0.15) is 0 Å². The molecule has 6 heteroatoms. The Morgan fingerprint density at radius 1 is 1.35 bits per heavy atom. The van der Waals surface area contributed by atoms with Crippen LogP contribution >= 0.6 is 0 Å². The zero-order valence-corrected chi connectivity index (χ0v) is 12.8. The highest BCUT2D eigenvalue weighted by molar-refractivity contribution is 6.00. The Hall–Kier alpha value is -2.37. The van der Waals surface area contributed by atoms with Gasteiger partial charge in [0.2, 0.25) is 5.91 Å². The molecule has 1 atom stereocenters. The van der Waals surface area contributed by atoms with Crippen LogP contribution in [0.25, 0.3) is 0 Å². The second kappa shape index (κ2) is 6.40. The third-order valence-corrected chi connectivity index (χ3v) is 4.26. The first kappa shape index (κ1) is 15.5. The molecule has 3 rings (SSSR count). The second-order valence-electron chi connectivity index (χ2n) is 5.83. The number of piperidine rings is 1. The maximum Gasteiger partial charge on any atom is 0.282 e.